The van der Waals surface area contributed by atoms with Crippen LogP contribution in [0.5, 0.6) is 0 Å². The highest BCUT2D eigenvalue weighted by Gasteiger charge is 2.15. The highest BCUT2D eigenvalue weighted by atomic mass is 35.5. The number of hydrogen-bond donors (Lipinski definition) is 2. The van der Waals surface area contributed by atoms with Crippen molar-refractivity contribution in [3.63, 3.8) is 0 Å². The number of hydrogen-bond acceptors (Lipinski definition) is 2. The Morgan fingerprint density at radius 1 is 1.16 bits per heavy atom. The minimum Gasteiger partial charge on any atom is -0.478 e. The van der Waals surface area contributed by atoms with E-state index < -0.39 is 5.97 Å². The first-order chi connectivity index (χ1) is 9.18. The molecule has 94 valence electrons. The van der Waals surface area contributed by atoms with Crippen LogP contribution in [0.2, 0.25) is 5.02 Å². The number of carbonyl (C=O) groups is 1. The van der Waals surface area contributed by atoms with E-state index in [-0.39, 0.29) is 5.56 Å². The Morgan fingerprint density at radius 2 is 1.95 bits per heavy atom. The molecule has 0 bridgehead atoms. The number of benzene rings is 2. The molecular formula is C14H9ClN2O2. The SMILES string of the molecule is O=C(O)c1cccc2c(-c3ccccc3Cl)[nH]nc12. The van der Waals surface area contributed by atoms with E-state index in [4.69, 9.17) is 16.7 Å². The van der Waals surface area contributed by atoms with E-state index in [1.54, 1.807) is 12.1 Å². The number of aromatic nitrogens is 2. The van der Waals surface area contributed by atoms with Gasteiger partial charge in [-0.1, -0.05) is 41.9 Å². The van der Waals surface area contributed by atoms with Crippen LogP contribution in [-0.2, 0) is 0 Å². The second-order valence-electron chi connectivity index (χ2n) is 4.09. The zero-order valence-electron chi connectivity index (χ0n) is 9.72. The Labute approximate surface area is 113 Å². The average molecular weight is 273 g/mol. The van der Waals surface area contributed by atoms with Gasteiger partial charge in [-0.15, -0.1) is 0 Å². The van der Waals surface area contributed by atoms with Crippen LogP contribution in [0.3, 0.4) is 0 Å². The van der Waals surface area contributed by atoms with Crippen LogP contribution in [0.15, 0.2) is 42.5 Å². The number of nitrogens with one attached hydrogen (secondary N) is 1. The number of rotatable bonds is 2. The second-order valence-corrected chi connectivity index (χ2v) is 4.49. The highest BCUT2D eigenvalue weighted by molar-refractivity contribution is 6.33. The summed E-state index contributed by atoms with van der Waals surface area (Å²) < 4.78 is 0. The number of carboxylic acid groups (broad SMARTS) is 1. The van der Waals surface area contributed by atoms with Gasteiger partial charge in [-0.2, -0.15) is 5.10 Å². The third kappa shape index (κ3) is 1.86. The van der Waals surface area contributed by atoms with Crippen LogP contribution in [0, 0.1) is 0 Å². The van der Waals surface area contributed by atoms with E-state index >= 15 is 0 Å². The van der Waals surface area contributed by atoms with Gasteiger partial charge in [0, 0.05) is 16.0 Å². The topological polar surface area (TPSA) is 66.0 Å². The first-order valence-electron chi connectivity index (χ1n) is 5.64. The number of halogens is 1. The number of fused-ring (bicyclic) bond motifs is 1. The number of para-hydroxylation sites is 1. The molecule has 3 aromatic rings. The first-order valence-corrected chi connectivity index (χ1v) is 6.01. The van der Waals surface area contributed by atoms with Crippen LogP contribution in [0.1, 0.15) is 10.4 Å². The second kappa shape index (κ2) is 4.40. The molecule has 19 heavy (non-hydrogen) atoms. The van der Waals surface area contributed by atoms with Gasteiger partial charge in [-0.05, 0) is 12.1 Å². The van der Waals surface area contributed by atoms with Crippen LogP contribution in [0.25, 0.3) is 22.2 Å². The molecule has 0 atom stereocenters. The van der Waals surface area contributed by atoms with E-state index in [1.165, 1.54) is 6.07 Å². The zero-order valence-corrected chi connectivity index (χ0v) is 10.5. The molecule has 0 saturated heterocycles. The number of H-pyrrole nitrogens is 1. The lowest BCUT2D eigenvalue weighted by Gasteiger charge is -2.01. The standard InChI is InChI=1S/C14H9ClN2O2/c15-11-7-2-1-4-8(11)12-9-5-3-6-10(14(18)19)13(9)17-16-12/h1-7H,(H,16,17)(H,18,19). The Bertz CT molecular complexity index is 780. The third-order valence-corrected chi connectivity index (χ3v) is 3.29. The molecule has 0 radical (unpaired) electrons. The highest BCUT2D eigenvalue weighted by Crippen LogP contribution is 2.32. The Balaban J connectivity index is 2.31. The smallest absolute Gasteiger partial charge is 0.337 e. The molecule has 0 unspecified atom stereocenters. The van der Waals surface area contributed by atoms with Crippen molar-refractivity contribution in [2.45, 2.75) is 0 Å². The van der Waals surface area contributed by atoms with Gasteiger partial charge in [-0.3, -0.25) is 5.10 Å². The molecule has 5 heteroatoms. The number of carboxylic acids is 1. The predicted octanol–water partition coefficient (Wildman–Crippen LogP) is 3.58. The van der Waals surface area contributed by atoms with Crippen molar-refractivity contribution >= 4 is 28.5 Å². The average Bonchev–Trinajstić information content (AvgIpc) is 2.82. The molecule has 0 spiro atoms. The molecule has 2 aromatic carbocycles. The lowest BCUT2D eigenvalue weighted by atomic mass is 10.1. The van der Waals surface area contributed by atoms with E-state index in [0.29, 0.717) is 10.5 Å². The van der Waals surface area contributed by atoms with Gasteiger partial charge in [0.25, 0.3) is 0 Å². The Hall–Kier alpha value is -2.33. The normalized spacial score (nSPS) is 10.8. The summed E-state index contributed by atoms with van der Waals surface area (Å²) in [5.41, 5.74) is 2.13. The van der Waals surface area contributed by atoms with Crippen molar-refractivity contribution in [1.82, 2.24) is 10.2 Å². The summed E-state index contributed by atoms with van der Waals surface area (Å²) in [6.45, 7) is 0. The summed E-state index contributed by atoms with van der Waals surface area (Å²) >= 11 is 6.15. The number of nitrogens with zero attached hydrogens (tertiary/aromatic N) is 1. The van der Waals surface area contributed by atoms with Crippen LogP contribution < -0.4 is 0 Å². The zero-order chi connectivity index (χ0) is 13.4. The Morgan fingerprint density at radius 3 is 2.68 bits per heavy atom. The van der Waals surface area contributed by atoms with Gasteiger partial charge in [0.2, 0.25) is 0 Å². The molecule has 0 aliphatic heterocycles. The molecule has 0 aliphatic rings. The lowest BCUT2D eigenvalue weighted by Crippen LogP contribution is -1.96. The molecule has 1 heterocycles. The van der Waals surface area contributed by atoms with Crippen LogP contribution in [0.4, 0.5) is 0 Å². The van der Waals surface area contributed by atoms with E-state index in [1.807, 2.05) is 24.3 Å². The van der Waals surface area contributed by atoms with Gasteiger partial charge >= 0.3 is 5.97 Å². The van der Waals surface area contributed by atoms with E-state index in [2.05, 4.69) is 10.2 Å². The molecule has 2 N–H and O–H groups in total. The monoisotopic (exact) mass is 272 g/mol. The number of aromatic amines is 1. The lowest BCUT2D eigenvalue weighted by molar-refractivity contribution is 0.0699. The van der Waals surface area contributed by atoms with Gasteiger partial charge in [0.15, 0.2) is 0 Å². The first kappa shape index (κ1) is 11.7. The van der Waals surface area contributed by atoms with Crippen molar-refractivity contribution in [2.24, 2.45) is 0 Å². The molecule has 4 nitrogen and oxygen atoms in total. The van der Waals surface area contributed by atoms with Crippen molar-refractivity contribution in [3.05, 3.63) is 53.1 Å². The summed E-state index contributed by atoms with van der Waals surface area (Å²) in [5.74, 6) is -0.997. The van der Waals surface area contributed by atoms with Crippen LogP contribution >= 0.6 is 11.6 Å². The summed E-state index contributed by atoms with van der Waals surface area (Å²) in [6.07, 6.45) is 0. The summed E-state index contributed by atoms with van der Waals surface area (Å²) in [5, 5.41) is 17.4. The van der Waals surface area contributed by atoms with Crippen molar-refractivity contribution < 1.29 is 9.90 Å². The molecule has 3 rings (SSSR count). The maximum Gasteiger partial charge on any atom is 0.337 e. The predicted molar refractivity (Wildman–Crippen MR) is 73.5 cm³/mol. The molecule has 0 fully saturated rings. The van der Waals surface area contributed by atoms with E-state index in [9.17, 15) is 4.79 Å². The largest absolute Gasteiger partial charge is 0.478 e. The maximum atomic E-state index is 11.1. The number of aromatic carboxylic acids is 1. The van der Waals surface area contributed by atoms with Gasteiger partial charge in [-0.25, -0.2) is 4.79 Å². The maximum absolute atomic E-state index is 11.1. The summed E-state index contributed by atoms with van der Waals surface area (Å²) in [6, 6.07) is 12.4. The summed E-state index contributed by atoms with van der Waals surface area (Å²) in [4.78, 5) is 11.1. The molecule has 1 aromatic heterocycles. The minimum absolute atomic E-state index is 0.173. The fraction of sp³-hybridized carbons (Fsp3) is 0. The summed E-state index contributed by atoms with van der Waals surface area (Å²) in [7, 11) is 0. The quantitative estimate of drug-likeness (QED) is 0.749. The third-order valence-electron chi connectivity index (χ3n) is 2.96. The van der Waals surface area contributed by atoms with E-state index in [0.717, 1.165) is 16.6 Å². The fourth-order valence-electron chi connectivity index (χ4n) is 2.08. The van der Waals surface area contributed by atoms with Crippen LogP contribution in [-0.4, -0.2) is 21.3 Å². The molecule has 0 amide bonds. The van der Waals surface area contributed by atoms with Crippen molar-refractivity contribution in [2.75, 3.05) is 0 Å². The molecule has 0 aliphatic carbocycles. The van der Waals surface area contributed by atoms with Gasteiger partial charge in [0.1, 0.15) is 5.52 Å². The van der Waals surface area contributed by atoms with Gasteiger partial charge in [0.05, 0.1) is 11.3 Å². The molecule has 0 saturated carbocycles. The van der Waals surface area contributed by atoms with Crippen molar-refractivity contribution in [3.8, 4) is 11.3 Å². The van der Waals surface area contributed by atoms with Gasteiger partial charge < -0.3 is 5.11 Å². The minimum atomic E-state index is -0.997. The van der Waals surface area contributed by atoms with Crippen molar-refractivity contribution in [1.29, 1.82) is 0 Å². The molecular weight excluding hydrogens is 264 g/mol. The Kier molecular flexibility index (Phi) is 2.72. The fourth-order valence-corrected chi connectivity index (χ4v) is 2.31.